The lowest BCUT2D eigenvalue weighted by atomic mass is 10.0. The topological polar surface area (TPSA) is 73.1 Å². The van der Waals surface area contributed by atoms with Crippen LogP contribution >= 0.6 is 0 Å². The third-order valence-corrected chi connectivity index (χ3v) is 4.34. The summed E-state index contributed by atoms with van der Waals surface area (Å²) in [5.41, 5.74) is 2.66. The normalized spacial score (nSPS) is 18.0. The average molecular weight is 329 g/mol. The Morgan fingerprint density at radius 1 is 1.38 bits per heavy atom. The molecule has 128 valence electrons. The molecule has 0 unspecified atom stereocenters. The molecule has 2 aromatic heterocycles. The molecule has 3 heterocycles. The Hall–Kier alpha value is -2.28. The first-order valence-electron chi connectivity index (χ1n) is 8.22. The molecule has 1 aliphatic rings. The zero-order valence-corrected chi connectivity index (χ0v) is 14.4. The number of rotatable bonds is 4. The van der Waals surface area contributed by atoms with Crippen LogP contribution in [0.3, 0.4) is 0 Å². The van der Waals surface area contributed by atoms with E-state index in [0.29, 0.717) is 5.82 Å². The van der Waals surface area contributed by atoms with E-state index in [9.17, 15) is 4.79 Å². The van der Waals surface area contributed by atoms with E-state index in [4.69, 9.17) is 9.72 Å². The summed E-state index contributed by atoms with van der Waals surface area (Å²) in [4.78, 5) is 23.6. The van der Waals surface area contributed by atoms with E-state index in [1.54, 1.807) is 18.0 Å². The van der Waals surface area contributed by atoms with Gasteiger partial charge in [0, 0.05) is 32.6 Å². The van der Waals surface area contributed by atoms with Crippen LogP contribution in [-0.4, -0.2) is 50.8 Å². The van der Waals surface area contributed by atoms with Gasteiger partial charge in [-0.05, 0) is 38.3 Å². The monoisotopic (exact) mass is 329 g/mol. The SMILES string of the molecule is COCC(=O)N1CCCC[C@H]1c1nc(C)cc(-c2ccnn2C)n1. The predicted octanol–water partition coefficient (Wildman–Crippen LogP) is 1.89. The number of hydrogen-bond acceptors (Lipinski definition) is 5. The van der Waals surface area contributed by atoms with Gasteiger partial charge in [0.1, 0.15) is 6.61 Å². The highest BCUT2D eigenvalue weighted by Gasteiger charge is 2.30. The summed E-state index contributed by atoms with van der Waals surface area (Å²) in [5, 5.41) is 4.21. The summed E-state index contributed by atoms with van der Waals surface area (Å²) < 4.78 is 6.81. The Kier molecular flexibility index (Phi) is 4.89. The van der Waals surface area contributed by atoms with Gasteiger partial charge in [-0.25, -0.2) is 9.97 Å². The Labute approximate surface area is 141 Å². The summed E-state index contributed by atoms with van der Waals surface area (Å²) in [6, 6.07) is 3.79. The van der Waals surface area contributed by atoms with Crippen molar-refractivity contribution in [3.8, 4) is 11.4 Å². The van der Waals surface area contributed by atoms with Crippen LogP contribution < -0.4 is 0 Å². The van der Waals surface area contributed by atoms with E-state index >= 15 is 0 Å². The van der Waals surface area contributed by atoms with E-state index < -0.39 is 0 Å². The largest absolute Gasteiger partial charge is 0.375 e. The van der Waals surface area contributed by atoms with Crippen LogP contribution in [-0.2, 0) is 16.6 Å². The van der Waals surface area contributed by atoms with Crippen molar-refractivity contribution in [3.05, 3.63) is 29.8 Å². The van der Waals surface area contributed by atoms with E-state index in [1.807, 2.05) is 31.0 Å². The molecule has 0 saturated carbocycles. The van der Waals surface area contributed by atoms with Gasteiger partial charge in [0.2, 0.25) is 5.91 Å². The molecule has 1 atom stereocenters. The summed E-state index contributed by atoms with van der Waals surface area (Å²) in [5.74, 6) is 0.699. The molecule has 7 nitrogen and oxygen atoms in total. The maximum atomic E-state index is 12.4. The number of aromatic nitrogens is 4. The van der Waals surface area contributed by atoms with Crippen molar-refractivity contribution in [1.82, 2.24) is 24.6 Å². The highest BCUT2D eigenvalue weighted by Crippen LogP contribution is 2.30. The van der Waals surface area contributed by atoms with Crippen LogP contribution in [0.5, 0.6) is 0 Å². The fourth-order valence-electron chi connectivity index (χ4n) is 3.20. The number of carbonyl (C=O) groups is 1. The van der Waals surface area contributed by atoms with E-state index in [-0.39, 0.29) is 18.6 Å². The molecule has 0 aromatic carbocycles. The first-order valence-corrected chi connectivity index (χ1v) is 8.22. The van der Waals surface area contributed by atoms with Gasteiger partial charge in [-0.15, -0.1) is 0 Å². The van der Waals surface area contributed by atoms with Crippen LogP contribution in [0.15, 0.2) is 18.3 Å². The number of methoxy groups -OCH3 is 1. The van der Waals surface area contributed by atoms with Crippen molar-refractivity contribution in [2.75, 3.05) is 20.3 Å². The molecule has 0 N–H and O–H groups in total. The molecule has 1 fully saturated rings. The average Bonchev–Trinajstić information content (AvgIpc) is 3.00. The second kappa shape index (κ2) is 7.09. The van der Waals surface area contributed by atoms with Crippen molar-refractivity contribution in [1.29, 1.82) is 0 Å². The Bertz CT molecular complexity index is 728. The third-order valence-electron chi connectivity index (χ3n) is 4.34. The van der Waals surface area contributed by atoms with Crippen molar-refractivity contribution >= 4 is 5.91 Å². The zero-order valence-electron chi connectivity index (χ0n) is 14.4. The number of likely N-dealkylation sites (tertiary alicyclic amines) is 1. The van der Waals surface area contributed by atoms with Crippen LogP contribution in [0.1, 0.15) is 36.8 Å². The number of aryl methyl sites for hydroxylation is 2. The lowest BCUT2D eigenvalue weighted by Crippen LogP contribution is -2.41. The first kappa shape index (κ1) is 16.6. The highest BCUT2D eigenvalue weighted by atomic mass is 16.5. The lowest BCUT2D eigenvalue weighted by Gasteiger charge is -2.34. The van der Waals surface area contributed by atoms with Crippen LogP contribution in [0.4, 0.5) is 0 Å². The first-order chi connectivity index (χ1) is 11.6. The van der Waals surface area contributed by atoms with Gasteiger partial charge < -0.3 is 9.64 Å². The second-order valence-electron chi connectivity index (χ2n) is 6.12. The van der Waals surface area contributed by atoms with Crippen LogP contribution in [0.2, 0.25) is 0 Å². The highest BCUT2D eigenvalue weighted by molar-refractivity contribution is 5.78. The van der Waals surface area contributed by atoms with E-state index in [1.165, 1.54) is 0 Å². The summed E-state index contributed by atoms with van der Waals surface area (Å²) in [7, 11) is 3.43. The van der Waals surface area contributed by atoms with Crippen molar-refractivity contribution in [2.24, 2.45) is 7.05 Å². The minimum absolute atomic E-state index is 0.00519. The number of nitrogens with zero attached hydrogens (tertiary/aromatic N) is 5. The molecule has 7 heteroatoms. The molecule has 24 heavy (non-hydrogen) atoms. The van der Waals surface area contributed by atoms with Gasteiger partial charge in [-0.3, -0.25) is 9.48 Å². The van der Waals surface area contributed by atoms with Gasteiger partial charge in [-0.1, -0.05) is 0 Å². The van der Waals surface area contributed by atoms with Gasteiger partial charge >= 0.3 is 0 Å². The molecule has 1 saturated heterocycles. The van der Waals surface area contributed by atoms with Crippen LogP contribution in [0.25, 0.3) is 11.4 Å². The molecule has 0 aliphatic carbocycles. The van der Waals surface area contributed by atoms with Crippen molar-refractivity contribution in [3.63, 3.8) is 0 Å². The number of piperidine rings is 1. The fourth-order valence-corrected chi connectivity index (χ4v) is 3.20. The maximum absolute atomic E-state index is 12.4. The molecular formula is C17H23N5O2. The van der Waals surface area contributed by atoms with Crippen molar-refractivity contribution in [2.45, 2.75) is 32.2 Å². The molecule has 1 aliphatic heterocycles. The molecular weight excluding hydrogens is 306 g/mol. The zero-order chi connectivity index (χ0) is 17.1. The Balaban J connectivity index is 1.96. The quantitative estimate of drug-likeness (QED) is 0.856. The molecule has 0 spiro atoms. The van der Waals surface area contributed by atoms with Crippen molar-refractivity contribution < 1.29 is 9.53 Å². The standard InChI is InChI=1S/C17H23N5O2/c1-12-10-13(14-7-8-18-21(14)2)20-17(19-12)15-6-4-5-9-22(15)16(23)11-24-3/h7-8,10,15H,4-6,9,11H2,1-3H3/t15-/m0/s1. The minimum atomic E-state index is -0.0896. The molecule has 3 rings (SSSR count). The number of hydrogen-bond donors (Lipinski definition) is 0. The third kappa shape index (κ3) is 3.31. The molecule has 2 aromatic rings. The summed E-state index contributed by atoms with van der Waals surface area (Å²) in [6.45, 7) is 2.78. The van der Waals surface area contributed by atoms with E-state index in [2.05, 4.69) is 10.1 Å². The van der Waals surface area contributed by atoms with E-state index in [0.717, 1.165) is 42.9 Å². The molecule has 1 amide bonds. The van der Waals surface area contributed by atoms with Gasteiger partial charge in [-0.2, -0.15) is 5.10 Å². The maximum Gasteiger partial charge on any atom is 0.249 e. The number of carbonyl (C=O) groups excluding carboxylic acids is 1. The Morgan fingerprint density at radius 3 is 2.92 bits per heavy atom. The summed E-state index contributed by atoms with van der Waals surface area (Å²) in [6.07, 6.45) is 4.71. The lowest BCUT2D eigenvalue weighted by molar-refractivity contribution is -0.139. The number of ether oxygens (including phenoxy) is 1. The van der Waals surface area contributed by atoms with Gasteiger partial charge in [0.25, 0.3) is 0 Å². The number of amides is 1. The smallest absolute Gasteiger partial charge is 0.249 e. The molecule has 0 bridgehead atoms. The Morgan fingerprint density at radius 2 is 2.21 bits per heavy atom. The second-order valence-corrected chi connectivity index (χ2v) is 6.12. The fraction of sp³-hybridized carbons (Fsp3) is 0.529. The predicted molar refractivity (Wildman–Crippen MR) is 89.2 cm³/mol. The van der Waals surface area contributed by atoms with Gasteiger partial charge in [0.05, 0.1) is 17.4 Å². The van der Waals surface area contributed by atoms with Crippen LogP contribution in [0, 0.1) is 6.92 Å². The summed E-state index contributed by atoms with van der Waals surface area (Å²) >= 11 is 0. The van der Waals surface area contributed by atoms with Gasteiger partial charge in [0.15, 0.2) is 5.82 Å². The minimum Gasteiger partial charge on any atom is -0.375 e. The molecule has 0 radical (unpaired) electrons.